The van der Waals surface area contributed by atoms with Crippen LogP contribution in [0.5, 0.6) is 5.75 Å². The maximum Gasteiger partial charge on any atom is 0.274 e. The predicted octanol–water partition coefficient (Wildman–Crippen LogP) is 3.89. The molecule has 32 heavy (non-hydrogen) atoms. The predicted molar refractivity (Wildman–Crippen MR) is 118 cm³/mol. The number of hydrogen-bond donors (Lipinski definition) is 0. The van der Waals surface area contributed by atoms with Crippen molar-refractivity contribution in [2.24, 2.45) is 5.92 Å². The molecule has 0 radical (unpaired) electrons. The number of benzene rings is 1. The van der Waals surface area contributed by atoms with Gasteiger partial charge in [0.15, 0.2) is 11.5 Å². The second-order valence-electron chi connectivity index (χ2n) is 9.32. The summed E-state index contributed by atoms with van der Waals surface area (Å²) in [6.07, 6.45) is 3.17. The molecule has 1 amide bonds. The Morgan fingerprint density at radius 2 is 2.06 bits per heavy atom. The van der Waals surface area contributed by atoms with Crippen molar-refractivity contribution in [1.29, 1.82) is 0 Å². The van der Waals surface area contributed by atoms with Gasteiger partial charge < -0.3 is 14.2 Å². The normalized spacial score (nSPS) is 22.5. The number of carbonyl (C=O) groups excluding carboxylic acids is 1. The fraction of sp³-hybridized carbons (Fsp3) is 0.500. The SMILES string of the molecule is COc1ccc(-n2nc(C(=O)N3C[C@H]4CCC[C@@]4(c4nc(C(C)C)no4)C3)cc2C)cc1. The van der Waals surface area contributed by atoms with Gasteiger partial charge in [-0.3, -0.25) is 4.79 Å². The summed E-state index contributed by atoms with van der Waals surface area (Å²) in [6.45, 7) is 7.38. The summed E-state index contributed by atoms with van der Waals surface area (Å²) in [4.78, 5) is 20.1. The van der Waals surface area contributed by atoms with E-state index in [1.165, 1.54) is 0 Å². The lowest BCUT2D eigenvalue weighted by Gasteiger charge is -2.24. The Morgan fingerprint density at radius 3 is 2.75 bits per heavy atom. The van der Waals surface area contributed by atoms with E-state index in [2.05, 4.69) is 24.1 Å². The second-order valence-corrected chi connectivity index (χ2v) is 9.32. The van der Waals surface area contributed by atoms with Crippen LogP contribution in [0.25, 0.3) is 5.69 Å². The first kappa shape index (κ1) is 20.7. The number of aryl methyl sites for hydroxylation is 1. The zero-order chi connectivity index (χ0) is 22.5. The first-order valence-corrected chi connectivity index (χ1v) is 11.3. The molecule has 0 unspecified atom stereocenters. The lowest BCUT2D eigenvalue weighted by atomic mass is 9.80. The highest BCUT2D eigenvalue weighted by Gasteiger charge is 2.55. The van der Waals surface area contributed by atoms with Crippen LogP contribution in [0.3, 0.4) is 0 Å². The first-order chi connectivity index (χ1) is 15.4. The van der Waals surface area contributed by atoms with E-state index < -0.39 is 0 Å². The third-order valence-electron chi connectivity index (χ3n) is 6.97. The highest BCUT2D eigenvalue weighted by atomic mass is 16.5. The Labute approximate surface area is 187 Å². The third-order valence-corrected chi connectivity index (χ3v) is 6.97. The highest BCUT2D eigenvalue weighted by Crippen LogP contribution is 2.50. The number of hydrogen-bond acceptors (Lipinski definition) is 6. The lowest BCUT2D eigenvalue weighted by molar-refractivity contribution is 0.0768. The number of ether oxygens (including phenoxy) is 1. The molecule has 1 aromatic carbocycles. The maximum atomic E-state index is 13.4. The molecule has 2 aliphatic rings. The van der Waals surface area contributed by atoms with E-state index in [1.807, 2.05) is 42.2 Å². The number of fused-ring (bicyclic) bond motifs is 1. The molecule has 8 heteroatoms. The lowest BCUT2D eigenvalue weighted by Crippen LogP contribution is -2.35. The molecule has 1 saturated carbocycles. The molecule has 2 atom stereocenters. The molecule has 1 aliphatic carbocycles. The second kappa shape index (κ2) is 7.76. The van der Waals surface area contributed by atoms with Gasteiger partial charge in [0.25, 0.3) is 5.91 Å². The molecule has 3 heterocycles. The zero-order valence-corrected chi connectivity index (χ0v) is 19.0. The highest BCUT2D eigenvalue weighted by molar-refractivity contribution is 5.93. The number of amides is 1. The van der Waals surface area contributed by atoms with Crippen LogP contribution in [0.2, 0.25) is 0 Å². The zero-order valence-electron chi connectivity index (χ0n) is 19.0. The molecule has 1 aliphatic heterocycles. The monoisotopic (exact) mass is 435 g/mol. The molecule has 2 fully saturated rings. The summed E-state index contributed by atoms with van der Waals surface area (Å²) in [6, 6.07) is 9.50. The van der Waals surface area contributed by atoms with Crippen molar-refractivity contribution in [1.82, 2.24) is 24.8 Å². The fourth-order valence-corrected chi connectivity index (χ4v) is 5.19. The fourth-order valence-electron chi connectivity index (χ4n) is 5.19. The van der Waals surface area contributed by atoms with E-state index in [1.54, 1.807) is 11.8 Å². The van der Waals surface area contributed by atoms with E-state index in [0.717, 1.165) is 42.2 Å². The molecular formula is C24H29N5O3. The summed E-state index contributed by atoms with van der Waals surface area (Å²) in [5, 5.41) is 8.82. The molecule has 168 valence electrons. The Bertz CT molecular complexity index is 1130. The number of nitrogens with zero attached hydrogens (tertiary/aromatic N) is 5. The van der Waals surface area contributed by atoms with Gasteiger partial charge in [0.05, 0.1) is 18.2 Å². The van der Waals surface area contributed by atoms with Crippen LogP contribution in [-0.4, -0.2) is 50.9 Å². The van der Waals surface area contributed by atoms with Crippen molar-refractivity contribution >= 4 is 5.91 Å². The van der Waals surface area contributed by atoms with E-state index in [0.29, 0.717) is 30.6 Å². The van der Waals surface area contributed by atoms with Crippen LogP contribution in [0.15, 0.2) is 34.9 Å². The average Bonchev–Trinajstić information content (AvgIpc) is 3.55. The Morgan fingerprint density at radius 1 is 1.28 bits per heavy atom. The van der Waals surface area contributed by atoms with Crippen molar-refractivity contribution in [3.63, 3.8) is 0 Å². The third kappa shape index (κ3) is 3.29. The number of likely N-dealkylation sites (tertiary alicyclic amines) is 1. The van der Waals surface area contributed by atoms with E-state index in [-0.39, 0.29) is 17.2 Å². The summed E-state index contributed by atoms with van der Waals surface area (Å²) < 4.78 is 12.8. The van der Waals surface area contributed by atoms with Crippen molar-refractivity contribution in [3.05, 3.63) is 53.4 Å². The summed E-state index contributed by atoms with van der Waals surface area (Å²) >= 11 is 0. The van der Waals surface area contributed by atoms with Crippen LogP contribution < -0.4 is 4.74 Å². The molecular weight excluding hydrogens is 406 g/mol. The largest absolute Gasteiger partial charge is 0.497 e. The molecule has 0 N–H and O–H groups in total. The summed E-state index contributed by atoms with van der Waals surface area (Å²) in [5.41, 5.74) is 2.03. The van der Waals surface area contributed by atoms with Crippen LogP contribution in [0.4, 0.5) is 0 Å². The van der Waals surface area contributed by atoms with Gasteiger partial charge in [-0.05, 0) is 56.0 Å². The van der Waals surface area contributed by atoms with Crippen molar-refractivity contribution in [2.75, 3.05) is 20.2 Å². The van der Waals surface area contributed by atoms with Gasteiger partial charge in [0.1, 0.15) is 5.75 Å². The average molecular weight is 436 g/mol. The Balaban J connectivity index is 1.39. The smallest absolute Gasteiger partial charge is 0.274 e. The summed E-state index contributed by atoms with van der Waals surface area (Å²) in [5.74, 6) is 2.73. The Hall–Kier alpha value is -3.16. The van der Waals surface area contributed by atoms with Crippen molar-refractivity contribution < 1.29 is 14.1 Å². The molecule has 0 bridgehead atoms. The first-order valence-electron chi connectivity index (χ1n) is 11.3. The van der Waals surface area contributed by atoms with Gasteiger partial charge in [-0.1, -0.05) is 25.4 Å². The Kier molecular flexibility index (Phi) is 5.03. The number of rotatable bonds is 5. The van der Waals surface area contributed by atoms with Gasteiger partial charge in [-0.25, -0.2) is 4.68 Å². The van der Waals surface area contributed by atoms with Gasteiger partial charge in [-0.15, -0.1) is 0 Å². The van der Waals surface area contributed by atoms with Crippen molar-refractivity contribution in [2.45, 2.75) is 51.4 Å². The van der Waals surface area contributed by atoms with Crippen LogP contribution in [0.1, 0.15) is 66.9 Å². The molecule has 8 nitrogen and oxygen atoms in total. The minimum absolute atomic E-state index is 0.0438. The molecule has 3 aromatic rings. The van der Waals surface area contributed by atoms with E-state index in [9.17, 15) is 4.79 Å². The molecule has 0 spiro atoms. The minimum atomic E-state index is -0.233. The quantitative estimate of drug-likeness (QED) is 0.604. The number of methoxy groups -OCH3 is 1. The van der Waals surface area contributed by atoms with E-state index in [4.69, 9.17) is 14.2 Å². The molecule has 2 aromatic heterocycles. The van der Waals surface area contributed by atoms with Crippen molar-refractivity contribution in [3.8, 4) is 11.4 Å². The van der Waals surface area contributed by atoms with Gasteiger partial charge in [0.2, 0.25) is 5.89 Å². The number of carbonyl (C=O) groups is 1. The van der Waals surface area contributed by atoms with Gasteiger partial charge in [0, 0.05) is 24.7 Å². The summed E-state index contributed by atoms with van der Waals surface area (Å²) in [7, 11) is 1.64. The molecule has 5 rings (SSSR count). The van der Waals surface area contributed by atoms with Crippen LogP contribution >= 0.6 is 0 Å². The number of aromatic nitrogens is 4. The van der Waals surface area contributed by atoms with E-state index >= 15 is 0 Å². The van der Waals surface area contributed by atoms with Crippen LogP contribution in [-0.2, 0) is 5.41 Å². The van der Waals surface area contributed by atoms with Gasteiger partial charge in [-0.2, -0.15) is 10.1 Å². The standard InChI is InChI=1S/C24H29N5O3/c1-15(2)21-25-23(32-27-21)24-11-5-6-17(24)13-28(14-24)22(30)20-12-16(3)29(26-20)18-7-9-19(31-4)10-8-18/h7-10,12,15,17H,5-6,11,13-14H2,1-4H3/t17-,24-/m1/s1. The molecule has 1 saturated heterocycles. The minimum Gasteiger partial charge on any atom is -0.497 e. The topological polar surface area (TPSA) is 86.3 Å². The van der Waals surface area contributed by atoms with Gasteiger partial charge >= 0.3 is 0 Å². The van der Waals surface area contributed by atoms with Crippen LogP contribution in [0, 0.1) is 12.8 Å². The maximum absolute atomic E-state index is 13.4.